The Kier molecular flexibility index (Phi) is 8.44. The second kappa shape index (κ2) is 11.5. The molecule has 0 aromatic rings. The largest absolute Gasteiger partial charge is 0.394 e. The normalized spacial score (nSPS) is 35.2. The van der Waals surface area contributed by atoms with Crippen molar-refractivity contribution in [3.8, 4) is 0 Å². The lowest BCUT2D eigenvalue weighted by molar-refractivity contribution is -0.158. The lowest BCUT2D eigenvalue weighted by Crippen LogP contribution is -2.60. The maximum absolute atomic E-state index is 14.6. The minimum Gasteiger partial charge on any atom is -0.394 e. The Morgan fingerprint density at radius 2 is 1.60 bits per heavy atom. The fourth-order valence-corrected chi connectivity index (χ4v) is 7.53. The Hall–Kier alpha value is -2.27. The van der Waals surface area contributed by atoms with E-state index in [0.717, 1.165) is 19.5 Å². The van der Waals surface area contributed by atoms with Gasteiger partial charge in [-0.3, -0.25) is 19.3 Å². The Bertz CT molecular complexity index is 1040. The van der Waals surface area contributed by atoms with E-state index in [4.69, 9.17) is 9.47 Å². The van der Waals surface area contributed by atoms with Crippen molar-refractivity contribution < 1.29 is 29.0 Å². The first-order valence-corrected chi connectivity index (χ1v) is 15.1. The van der Waals surface area contributed by atoms with Crippen molar-refractivity contribution >= 4 is 17.7 Å². The second-order valence-corrected chi connectivity index (χ2v) is 12.2. The van der Waals surface area contributed by atoms with Crippen molar-refractivity contribution in [1.82, 2.24) is 19.6 Å². The van der Waals surface area contributed by atoms with Gasteiger partial charge in [0, 0.05) is 45.8 Å². The number of aliphatic hydroxyl groups is 1. The van der Waals surface area contributed by atoms with Gasteiger partial charge in [-0.2, -0.15) is 0 Å². The van der Waals surface area contributed by atoms with Crippen LogP contribution >= 0.6 is 0 Å². The minimum atomic E-state index is -1.29. The molecule has 5 aliphatic rings. The van der Waals surface area contributed by atoms with E-state index in [2.05, 4.69) is 4.90 Å². The molecule has 3 fully saturated rings. The summed E-state index contributed by atoms with van der Waals surface area (Å²) in [5, 5.41) is 10.5. The molecule has 5 rings (SSSR count). The van der Waals surface area contributed by atoms with Gasteiger partial charge >= 0.3 is 0 Å². The molecule has 1 unspecified atom stereocenters. The molecule has 10 nitrogen and oxygen atoms in total. The highest BCUT2D eigenvalue weighted by molar-refractivity contribution is 6.00. The standard InChI is InChI=1S/C30H46N4O6/c1-5-11-32-12-7-9-29(6-2)23(26(32)36)24-27(37)34(22(20-35)21(3)4)25-28(38)33(13-8-10-30(24,25)40-29)15-14-31-16-18-39-19-17-31/h7-10,21-25,35H,5-6,11-20H2,1-4H3/t22-,23-,24-,25?,29+,30-/m0/s1. The van der Waals surface area contributed by atoms with Crippen LogP contribution in [0.4, 0.5) is 0 Å². The maximum Gasteiger partial charge on any atom is 0.249 e. The number of fused-ring (bicyclic) bond motifs is 2. The predicted molar refractivity (Wildman–Crippen MR) is 149 cm³/mol. The topological polar surface area (TPSA) is 103 Å². The monoisotopic (exact) mass is 558 g/mol. The molecule has 10 heteroatoms. The molecule has 0 aliphatic carbocycles. The van der Waals surface area contributed by atoms with E-state index in [1.165, 1.54) is 0 Å². The Labute approximate surface area is 237 Å². The number of ether oxygens (including phenoxy) is 2. The molecule has 0 saturated carbocycles. The Morgan fingerprint density at radius 1 is 0.925 bits per heavy atom. The van der Waals surface area contributed by atoms with Crippen LogP contribution in [0.1, 0.15) is 40.5 Å². The summed E-state index contributed by atoms with van der Waals surface area (Å²) in [6, 6.07) is -1.52. The highest BCUT2D eigenvalue weighted by atomic mass is 16.5. The molecule has 40 heavy (non-hydrogen) atoms. The fourth-order valence-electron chi connectivity index (χ4n) is 7.53. The average Bonchev–Trinajstić information content (AvgIpc) is 3.24. The van der Waals surface area contributed by atoms with Crippen molar-refractivity contribution in [2.24, 2.45) is 17.8 Å². The first-order valence-electron chi connectivity index (χ1n) is 15.1. The summed E-state index contributed by atoms with van der Waals surface area (Å²) >= 11 is 0. The van der Waals surface area contributed by atoms with Crippen LogP contribution < -0.4 is 0 Å². The number of aliphatic hydroxyl groups excluding tert-OH is 1. The number of hydrogen-bond acceptors (Lipinski definition) is 7. The van der Waals surface area contributed by atoms with E-state index < -0.39 is 35.1 Å². The van der Waals surface area contributed by atoms with Gasteiger partial charge in [-0.15, -0.1) is 0 Å². The molecule has 3 amide bonds. The van der Waals surface area contributed by atoms with Gasteiger partial charge < -0.3 is 29.3 Å². The van der Waals surface area contributed by atoms with Gasteiger partial charge in [0.15, 0.2) is 0 Å². The van der Waals surface area contributed by atoms with Gasteiger partial charge in [0.2, 0.25) is 17.7 Å². The quantitative estimate of drug-likeness (QED) is 0.420. The van der Waals surface area contributed by atoms with E-state index in [1.54, 1.807) is 9.80 Å². The second-order valence-electron chi connectivity index (χ2n) is 12.2. The highest BCUT2D eigenvalue weighted by Gasteiger charge is 2.76. The van der Waals surface area contributed by atoms with Crippen molar-refractivity contribution in [3.05, 3.63) is 24.3 Å². The third-order valence-corrected chi connectivity index (χ3v) is 9.64. The van der Waals surface area contributed by atoms with E-state index in [0.29, 0.717) is 52.4 Å². The van der Waals surface area contributed by atoms with Gasteiger partial charge in [0.25, 0.3) is 0 Å². The van der Waals surface area contributed by atoms with Gasteiger partial charge in [0.05, 0.1) is 43.3 Å². The molecular formula is C30H46N4O6. The van der Waals surface area contributed by atoms with Gasteiger partial charge in [-0.1, -0.05) is 52.0 Å². The van der Waals surface area contributed by atoms with Crippen LogP contribution in [0.15, 0.2) is 24.3 Å². The zero-order valence-corrected chi connectivity index (χ0v) is 24.5. The van der Waals surface area contributed by atoms with Crippen LogP contribution in [-0.2, 0) is 23.9 Å². The van der Waals surface area contributed by atoms with Crippen molar-refractivity contribution in [3.63, 3.8) is 0 Å². The first-order chi connectivity index (χ1) is 19.2. The first kappa shape index (κ1) is 29.2. The molecule has 3 saturated heterocycles. The SMILES string of the molecule is CCCN1CC=C[C@@]2(CC)O[C@]34C=CCN(CCN5CCOCC5)C(=O)C3N([C@@H](CO)C(C)C)C(=O)[C@@H]4[C@H]2C1=O. The smallest absolute Gasteiger partial charge is 0.249 e. The predicted octanol–water partition coefficient (Wildman–Crippen LogP) is 0.903. The summed E-state index contributed by atoms with van der Waals surface area (Å²) in [7, 11) is 0. The number of carbonyl (C=O) groups excluding carboxylic acids is 3. The third-order valence-electron chi connectivity index (χ3n) is 9.64. The highest BCUT2D eigenvalue weighted by Crippen LogP contribution is 2.59. The minimum absolute atomic E-state index is 0.0936. The van der Waals surface area contributed by atoms with Crippen LogP contribution in [-0.4, -0.2) is 131 Å². The fraction of sp³-hybridized carbons (Fsp3) is 0.767. The van der Waals surface area contributed by atoms with Gasteiger partial charge in [-0.25, -0.2) is 0 Å². The number of hydrogen-bond donors (Lipinski definition) is 1. The van der Waals surface area contributed by atoms with Gasteiger partial charge in [0.1, 0.15) is 11.6 Å². The molecule has 5 heterocycles. The average molecular weight is 559 g/mol. The Morgan fingerprint density at radius 3 is 2.23 bits per heavy atom. The maximum atomic E-state index is 14.6. The molecule has 0 radical (unpaired) electrons. The Balaban J connectivity index is 1.57. The molecule has 0 bridgehead atoms. The van der Waals surface area contributed by atoms with E-state index in [9.17, 15) is 19.5 Å². The molecule has 1 N–H and O–H groups in total. The molecular weight excluding hydrogens is 512 g/mol. The van der Waals surface area contributed by atoms with E-state index in [-0.39, 0.29) is 30.2 Å². The summed E-state index contributed by atoms with van der Waals surface area (Å²) in [6.45, 7) is 13.3. The lowest BCUT2D eigenvalue weighted by atomic mass is 9.73. The molecule has 0 aromatic carbocycles. The van der Waals surface area contributed by atoms with E-state index in [1.807, 2.05) is 56.9 Å². The van der Waals surface area contributed by atoms with Gasteiger partial charge in [-0.05, 0) is 18.8 Å². The van der Waals surface area contributed by atoms with Crippen LogP contribution in [0.3, 0.4) is 0 Å². The molecule has 5 aliphatic heterocycles. The van der Waals surface area contributed by atoms with Crippen molar-refractivity contribution in [1.29, 1.82) is 0 Å². The van der Waals surface area contributed by atoms with Crippen LogP contribution in [0.5, 0.6) is 0 Å². The van der Waals surface area contributed by atoms with Crippen LogP contribution in [0.25, 0.3) is 0 Å². The summed E-state index contributed by atoms with van der Waals surface area (Å²) in [4.78, 5) is 50.8. The molecule has 222 valence electrons. The van der Waals surface area contributed by atoms with Crippen molar-refractivity contribution in [2.75, 3.05) is 65.6 Å². The van der Waals surface area contributed by atoms with Crippen LogP contribution in [0.2, 0.25) is 0 Å². The number of morpholine rings is 1. The molecule has 0 aromatic heterocycles. The zero-order chi connectivity index (χ0) is 28.7. The summed E-state index contributed by atoms with van der Waals surface area (Å²) in [5.74, 6) is -2.23. The third kappa shape index (κ3) is 4.61. The number of carbonyl (C=O) groups is 3. The zero-order valence-electron chi connectivity index (χ0n) is 24.5. The van der Waals surface area contributed by atoms with Crippen molar-refractivity contribution in [2.45, 2.75) is 63.8 Å². The molecule has 6 atom stereocenters. The van der Waals surface area contributed by atoms with E-state index >= 15 is 0 Å². The summed E-state index contributed by atoms with van der Waals surface area (Å²) < 4.78 is 12.5. The number of rotatable bonds is 9. The summed E-state index contributed by atoms with van der Waals surface area (Å²) in [5.41, 5.74) is -2.27. The molecule has 1 spiro atoms. The number of amides is 3. The lowest BCUT2D eigenvalue weighted by Gasteiger charge is -2.42. The van der Waals surface area contributed by atoms with Crippen LogP contribution in [0, 0.1) is 17.8 Å². The number of likely N-dealkylation sites (tertiary alicyclic amines) is 1. The number of nitrogens with zero attached hydrogens (tertiary/aromatic N) is 4. The summed E-state index contributed by atoms with van der Waals surface area (Å²) in [6.07, 6.45) is 9.11.